The molecule has 0 bridgehead atoms. The lowest BCUT2D eigenvalue weighted by Crippen LogP contribution is -2.10. The minimum Gasteiger partial charge on any atom is -0.454 e. The predicted molar refractivity (Wildman–Crippen MR) is 265 cm³/mol. The van der Waals surface area contributed by atoms with Crippen LogP contribution < -0.4 is 0 Å². The van der Waals surface area contributed by atoms with Crippen molar-refractivity contribution in [1.29, 1.82) is 0 Å². The molecule has 5 heterocycles. The smallest absolute Gasteiger partial charge is 0.240 e. The molecule has 14 rings (SSSR count). The van der Waals surface area contributed by atoms with E-state index < -0.39 is 0 Å². The minimum absolute atomic E-state index is 0.507. The molecule has 6 nitrogen and oxygen atoms in total. The first-order valence-electron chi connectivity index (χ1n) is 21.4. The molecule has 0 amide bonds. The first-order chi connectivity index (χ1) is 31.7. The van der Waals surface area contributed by atoms with Gasteiger partial charge in [-0.25, -0.2) is 0 Å². The molecule has 0 unspecified atom stereocenters. The Morgan fingerprint density at radius 2 is 0.875 bits per heavy atom. The van der Waals surface area contributed by atoms with Crippen LogP contribution in [0.15, 0.2) is 205 Å². The monoisotopic (exact) mass is 835 g/mol. The van der Waals surface area contributed by atoms with Gasteiger partial charge in [0.2, 0.25) is 11.9 Å². The van der Waals surface area contributed by atoms with Crippen LogP contribution in [-0.4, -0.2) is 24.1 Å². The Balaban J connectivity index is 1.07. The lowest BCUT2D eigenvalue weighted by atomic mass is 9.94. The first kappa shape index (κ1) is 35.2. The van der Waals surface area contributed by atoms with Gasteiger partial charge < -0.3 is 4.42 Å². The van der Waals surface area contributed by atoms with E-state index in [-0.39, 0.29) is 0 Å². The third kappa shape index (κ3) is 5.10. The zero-order valence-electron chi connectivity index (χ0n) is 34.1. The Morgan fingerprint density at radius 3 is 1.59 bits per heavy atom. The van der Waals surface area contributed by atoms with Gasteiger partial charge in [-0.2, -0.15) is 15.0 Å². The van der Waals surface area contributed by atoms with Crippen molar-refractivity contribution in [2.24, 2.45) is 0 Å². The zero-order valence-corrected chi connectivity index (χ0v) is 34.9. The van der Waals surface area contributed by atoms with E-state index in [9.17, 15) is 0 Å². The standard InChI is InChI=1S/C57H33N5OS/c1-2-14-34(15-3-1)37-16-4-5-17-38(37)35-26-28-36(29-27-35)55-58-56(61-47-22-10-6-18-39(47)43-30-32-45-41-20-8-12-24-49(41)63-53(45)51(43)61)60-57(59-55)62-48-23-11-7-19-40(48)44-31-33-46-42-21-9-13-25-50(42)64-54(46)52(44)62/h1-33H. The van der Waals surface area contributed by atoms with Gasteiger partial charge >= 0.3 is 0 Å². The van der Waals surface area contributed by atoms with Crippen molar-refractivity contribution >= 4 is 97.1 Å². The second kappa shape index (κ2) is 13.6. The zero-order chi connectivity index (χ0) is 41.9. The highest BCUT2D eigenvalue weighted by Crippen LogP contribution is 2.44. The first-order valence-corrected chi connectivity index (χ1v) is 22.3. The van der Waals surface area contributed by atoms with Gasteiger partial charge in [0.1, 0.15) is 11.1 Å². The summed E-state index contributed by atoms with van der Waals surface area (Å²) in [5.74, 6) is 1.62. The Hall–Kier alpha value is -8.39. The molecule has 7 heteroatoms. The maximum absolute atomic E-state index is 6.77. The molecule has 0 aliphatic rings. The minimum atomic E-state index is 0.507. The van der Waals surface area contributed by atoms with Crippen LogP contribution in [0.5, 0.6) is 0 Å². The van der Waals surface area contributed by atoms with Crippen molar-refractivity contribution in [1.82, 2.24) is 24.1 Å². The Labute approximate surface area is 369 Å². The van der Waals surface area contributed by atoms with Gasteiger partial charge in [0.05, 0.1) is 21.3 Å². The predicted octanol–water partition coefficient (Wildman–Crippen LogP) is 15.3. The number of hydrogen-bond donors (Lipinski definition) is 0. The average Bonchev–Trinajstić information content (AvgIpc) is 4.12. The van der Waals surface area contributed by atoms with Crippen molar-refractivity contribution in [2.75, 3.05) is 0 Å². The molecular formula is C57H33N5OS. The molecule has 0 fully saturated rings. The van der Waals surface area contributed by atoms with E-state index in [1.807, 2.05) is 23.5 Å². The third-order valence-electron chi connectivity index (χ3n) is 12.8. The number of nitrogens with zero attached hydrogens (tertiary/aromatic N) is 5. The number of furan rings is 1. The number of rotatable bonds is 5. The van der Waals surface area contributed by atoms with E-state index in [1.165, 1.54) is 31.3 Å². The molecule has 0 N–H and O–H groups in total. The Bertz CT molecular complexity index is 3990. The van der Waals surface area contributed by atoms with Gasteiger partial charge in [-0.3, -0.25) is 9.13 Å². The highest BCUT2D eigenvalue weighted by atomic mass is 32.1. The molecule has 5 aromatic heterocycles. The molecule has 0 radical (unpaired) electrons. The van der Waals surface area contributed by atoms with Crippen LogP contribution in [0, 0.1) is 0 Å². The summed E-state index contributed by atoms with van der Waals surface area (Å²) in [4.78, 5) is 16.4. The quantitative estimate of drug-likeness (QED) is 0.173. The molecule has 298 valence electrons. The summed E-state index contributed by atoms with van der Waals surface area (Å²) < 4.78 is 13.6. The van der Waals surface area contributed by atoms with E-state index in [4.69, 9.17) is 19.4 Å². The number of para-hydroxylation sites is 3. The Morgan fingerprint density at radius 1 is 0.359 bits per heavy atom. The van der Waals surface area contributed by atoms with Crippen LogP contribution in [0.3, 0.4) is 0 Å². The average molecular weight is 836 g/mol. The molecule has 0 aliphatic heterocycles. The van der Waals surface area contributed by atoms with Crippen LogP contribution in [0.4, 0.5) is 0 Å². The van der Waals surface area contributed by atoms with Crippen molar-refractivity contribution < 1.29 is 4.42 Å². The highest BCUT2D eigenvalue weighted by molar-refractivity contribution is 7.26. The lowest BCUT2D eigenvalue weighted by molar-refractivity contribution is 0.670. The molecule has 0 saturated heterocycles. The van der Waals surface area contributed by atoms with Gasteiger partial charge in [-0.1, -0.05) is 170 Å². The van der Waals surface area contributed by atoms with Crippen molar-refractivity contribution in [2.45, 2.75) is 0 Å². The Kier molecular flexibility index (Phi) is 7.46. The fourth-order valence-corrected chi connectivity index (χ4v) is 11.2. The van der Waals surface area contributed by atoms with Crippen molar-refractivity contribution in [3.05, 3.63) is 200 Å². The van der Waals surface area contributed by atoms with Crippen molar-refractivity contribution in [3.8, 4) is 45.5 Å². The molecule has 9 aromatic carbocycles. The number of fused-ring (bicyclic) bond motifs is 14. The summed E-state index contributed by atoms with van der Waals surface area (Å²) in [6, 6.07) is 70.7. The van der Waals surface area contributed by atoms with E-state index in [2.05, 4.69) is 197 Å². The largest absolute Gasteiger partial charge is 0.454 e. The van der Waals surface area contributed by atoms with Gasteiger partial charge in [-0.05, 0) is 52.6 Å². The maximum Gasteiger partial charge on any atom is 0.240 e. The van der Waals surface area contributed by atoms with Crippen LogP contribution in [0.25, 0.3) is 131 Å². The van der Waals surface area contributed by atoms with Gasteiger partial charge in [0, 0.05) is 53.4 Å². The number of benzene rings is 9. The van der Waals surface area contributed by atoms with Crippen LogP contribution in [0.2, 0.25) is 0 Å². The van der Waals surface area contributed by atoms with Gasteiger partial charge in [0.25, 0.3) is 0 Å². The van der Waals surface area contributed by atoms with E-state index >= 15 is 0 Å². The van der Waals surface area contributed by atoms with Gasteiger partial charge in [-0.15, -0.1) is 11.3 Å². The van der Waals surface area contributed by atoms with Crippen molar-refractivity contribution in [3.63, 3.8) is 0 Å². The lowest BCUT2D eigenvalue weighted by Gasteiger charge is -2.14. The summed E-state index contributed by atoms with van der Waals surface area (Å²) >= 11 is 1.81. The summed E-state index contributed by atoms with van der Waals surface area (Å²) in [7, 11) is 0. The number of thiophene rings is 1. The summed E-state index contributed by atoms with van der Waals surface area (Å²) in [6.45, 7) is 0. The van der Waals surface area contributed by atoms with Crippen LogP contribution in [0.1, 0.15) is 0 Å². The normalized spacial score (nSPS) is 12.1. The fourth-order valence-electron chi connectivity index (χ4n) is 9.96. The second-order valence-electron chi connectivity index (χ2n) is 16.3. The summed E-state index contributed by atoms with van der Waals surface area (Å²) in [5.41, 5.74) is 11.2. The maximum atomic E-state index is 6.77. The van der Waals surface area contributed by atoms with E-state index in [1.54, 1.807) is 0 Å². The van der Waals surface area contributed by atoms with E-state index in [0.717, 1.165) is 82.2 Å². The second-order valence-corrected chi connectivity index (χ2v) is 17.4. The van der Waals surface area contributed by atoms with Crippen LogP contribution >= 0.6 is 11.3 Å². The molecule has 0 spiro atoms. The molecule has 14 aromatic rings. The summed E-state index contributed by atoms with van der Waals surface area (Å²) in [5, 5.41) is 9.02. The SMILES string of the molecule is c1ccc(-c2ccccc2-c2ccc(-c3nc(-n4c5ccccc5c5ccc6c7ccccc7oc6c54)nc(-n4c5ccccc5c5ccc6c7ccccc7sc6c54)n3)cc2)cc1. The van der Waals surface area contributed by atoms with E-state index in [0.29, 0.717) is 17.7 Å². The number of aromatic nitrogens is 5. The molecule has 0 aliphatic carbocycles. The molecule has 0 atom stereocenters. The topological polar surface area (TPSA) is 61.7 Å². The fraction of sp³-hybridized carbons (Fsp3) is 0. The molecular weight excluding hydrogens is 803 g/mol. The van der Waals surface area contributed by atoms with Gasteiger partial charge in [0.15, 0.2) is 11.4 Å². The highest BCUT2D eigenvalue weighted by Gasteiger charge is 2.25. The van der Waals surface area contributed by atoms with Crippen LogP contribution in [-0.2, 0) is 0 Å². The third-order valence-corrected chi connectivity index (χ3v) is 14.0. The number of hydrogen-bond acceptors (Lipinski definition) is 5. The summed E-state index contributed by atoms with van der Waals surface area (Å²) in [6.07, 6.45) is 0. The molecule has 0 saturated carbocycles. The molecule has 64 heavy (non-hydrogen) atoms.